The highest BCUT2D eigenvalue weighted by Crippen LogP contribution is 2.32. The minimum absolute atomic E-state index is 0.254. The smallest absolute Gasteiger partial charge is 0.261 e. The Morgan fingerprint density at radius 1 is 0.759 bits per heavy atom. The number of nitrogens with one attached hydrogen (secondary N) is 3. The van der Waals surface area contributed by atoms with Crippen LogP contribution in [0.2, 0.25) is 0 Å². The minimum Gasteiger partial charge on any atom is -0.354 e. The highest BCUT2D eigenvalue weighted by Gasteiger charge is 2.33. The zero-order chi connectivity index (χ0) is 19.5. The summed E-state index contributed by atoms with van der Waals surface area (Å²) < 4.78 is 0. The molecule has 6 rings (SSSR count). The number of hydrogen-bond acceptors (Lipinski definition) is 5. The Hall–Kier alpha value is -4.33. The van der Waals surface area contributed by atoms with Crippen LogP contribution in [0.3, 0.4) is 0 Å². The van der Waals surface area contributed by atoms with E-state index in [4.69, 9.17) is 0 Å². The number of H-pyrrole nitrogens is 2. The van der Waals surface area contributed by atoms with Gasteiger partial charge in [-0.15, -0.1) is 0 Å². The number of carbonyl (C=O) groups is 2. The topological polar surface area (TPSA) is 116 Å². The Kier molecular flexibility index (Phi) is 3.02. The molecule has 1 aliphatic heterocycles. The molecule has 2 aromatic carbocycles. The van der Waals surface area contributed by atoms with E-state index in [0.717, 1.165) is 21.8 Å². The van der Waals surface area contributed by atoms with Crippen LogP contribution in [0.15, 0.2) is 54.9 Å². The molecular formula is C21H12N6O2. The van der Waals surface area contributed by atoms with E-state index in [2.05, 4.69) is 30.5 Å². The van der Waals surface area contributed by atoms with Gasteiger partial charge in [0.2, 0.25) is 0 Å². The number of imide groups is 1. The van der Waals surface area contributed by atoms with Crippen LogP contribution in [-0.4, -0.2) is 37.0 Å². The predicted molar refractivity (Wildman–Crippen MR) is 107 cm³/mol. The van der Waals surface area contributed by atoms with Crippen molar-refractivity contribution >= 4 is 55.8 Å². The van der Waals surface area contributed by atoms with Gasteiger partial charge in [0, 0.05) is 16.3 Å². The van der Waals surface area contributed by atoms with E-state index in [0.29, 0.717) is 22.4 Å². The molecule has 0 saturated heterocycles. The number of nitrogens with zero attached hydrogens (tertiary/aromatic N) is 3. The molecule has 2 amide bonds. The third-order valence-electron chi connectivity index (χ3n) is 5.13. The number of benzene rings is 2. The molecule has 0 spiro atoms. The van der Waals surface area contributed by atoms with E-state index in [1.165, 1.54) is 6.33 Å². The Morgan fingerprint density at radius 3 is 2.41 bits per heavy atom. The SMILES string of the molecule is O=C1NC(=O)C(c2cc3ccccc3[nH]2)=C1c1cc2ccc3ncnc3c2n[nH]1. The first-order valence-corrected chi connectivity index (χ1v) is 8.96. The van der Waals surface area contributed by atoms with Crippen molar-refractivity contribution in [3.8, 4) is 0 Å². The van der Waals surface area contributed by atoms with Gasteiger partial charge in [-0.25, -0.2) is 9.97 Å². The Morgan fingerprint density at radius 2 is 1.55 bits per heavy atom. The highest BCUT2D eigenvalue weighted by atomic mass is 16.2. The predicted octanol–water partition coefficient (Wildman–Crippen LogP) is 2.55. The molecule has 0 fully saturated rings. The number of imidazole rings is 1. The normalized spacial score (nSPS) is 14.5. The highest BCUT2D eigenvalue weighted by molar-refractivity contribution is 6.49. The molecule has 138 valence electrons. The average molecular weight is 380 g/mol. The summed E-state index contributed by atoms with van der Waals surface area (Å²) in [4.78, 5) is 36.8. The summed E-state index contributed by atoms with van der Waals surface area (Å²) in [6, 6.07) is 15.1. The van der Waals surface area contributed by atoms with E-state index in [1.807, 2.05) is 42.5 Å². The second kappa shape index (κ2) is 5.59. The van der Waals surface area contributed by atoms with Gasteiger partial charge in [0.25, 0.3) is 11.8 Å². The third-order valence-corrected chi connectivity index (χ3v) is 5.13. The first kappa shape index (κ1) is 15.7. The average Bonchev–Trinajstić information content (AvgIpc) is 3.43. The lowest BCUT2D eigenvalue weighted by Crippen LogP contribution is -2.23. The molecule has 5 aromatic rings. The van der Waals surface area contributed by atoms with E-state index in [9.17, 15) is 9.59 Å². The molecule has 0 unspecified atom stereocenters. The van der Waals surface area contributed by atoms with E-state index in [-0.39, 0.29) is 11.1 Å². The van der Waals surface area contributed by atoms with Gasteiger partial charge in [-0.1, -0.05) is 24.3 Å². The maximum atomic E-state index is 12.6. The summed E-state index contributed by atoms with van der Waals surface area (Å²) in [5, 5.41) is 11.5. The fourth-order valence-corrected chi connectivity index (χ4v) is 3.81. The van der Waals surface area contributed by atoms with Gasteiger partial charge in [0.05, 0.1) is 28.1 Å². The fourth-order valence-electron chi connectivity index (χ4n) is 3.81. The van der Waals surface area contributed by atoms with Gasteiger partial charge in [0.15, 0.2) is 0 Å². The molecule has 1 aliphatic rings. The zero-order valence-electron chi connectivity index (χ0n) is 14.9. The van der Waals surface area contributed by atoms with Gasteiger partial charge in [-0.05, 0) is 24.3 Å². The zero-order valence-corrected chi connectivity index (χ0v) is 14.9. The number of para-hydroxylation sites is 1. The molecule has 0 bridgehead atoms. The van der Waals surface area contributed by atoms with E-state index in [1.54, 1.807) is 6.07 Å². The van der Waals surface area contributed by atoms with Gasteiger partial charge in [0.1, 0.15) is 17.4 Å². The minimum atomic E-state index is -0.463. The fraction of sp³-hybridized carbons (Fsp3) is 0. The van der Waals surface area contributed by atoms with Crippen LogP contribution in [0.5, 0.6) is 0 Å². The molecule has 29 heavy (non-hydrogen) atoms. The largest absolute Gasteiger partial charge is 0.354 e. The molecule has 4 heterocycles. The van der Waals surface area contributed by atoms with Crippen molar-refractivity contribution in [1.29, 1.82) is 0 Å². The number of aromatic nitrogens is 5. The summed E-state index contributed by atoms with van der Waals surface area (Å²) in [5.74, 6) is -0.905. The second-order valence-electron chi connectivity index (χ2n) is 6.83. The van der Waals surface area contributed by atoms with Crippen molar-refractivity contribution in [3.05, 3.63) is 66.2 Å². The Labute approximate surface area is 162 Å². The van der Waals surface area contributed by atoms with Crippen molar-refractivity contribution in [2.75, 3.05) is 0 Å². The number of hydrogen-bond donors (Lipinski definition) is 3. The number of aromatic amines is 2. The van der Waals surface area contributed by atoms with Crippen LogP contribution >= 0.6 is 0 Å². The number of fused-ring (bicyclic) bond motifs is 4. The summed E-state index contributed by atoms with van der Waals surface area (Å²) in [6.07, 6.45) is 1.49. The monoisotopic (exact) mass is 380 g/mol. The van der Waals surface area contributed by atoms with Gasteiger partial charge >= 0.3 is 0 Å². The Balaban J connectivity index is 1.60. The van der Waals surface area contributed by atoms with Gasteiger partial charge in [-0.3, -0.25) is 20.0 Å². The maximum Gasteiger partial charge on any atom is 0.261 e. The molecule has 0 radical (unpaired) electrons. The van der Waals surface area contributed by atoms with Crippen molar-refractivity contribution in [2.45, 2.75) is 0 Å². The quantitative estimate of drug-likeness (QED) is 0.407. The van der Waals surface area contributed by atoms with Crippen LogP contribution in [0.25, 0.3) is 44.0 Å². The molecule has 8 heteroatoms. The van der Waals surface area contributed by atoms with Crippen molar-refractivity contribution < 1.29 is 9.59 Å². The molecule has 8 nitrogen and oxygen atoms in total. The van der Waals surface area contributed by atoms with Crippen molar-refractivity contribution in [2.24, 2.45) is 0 Å². The van der Waals surface area contributed by atoms with Gasteiger partial charge in [-0.2, -0.15) is 5.10 Å². The van der Waals surface area contributed by atoms with Crippen LogP contribution in [-0.2, 0) is 9.59 Å². The number of rotatable bonds is 2. The lowest BCUT2D eigenvalue weighted by atomic mass is 10.0. The maximum absolute atomic E-state index is 12.6. The van der Waals surface area contributed by atoms with E-state index < -0.39 is 11.8 Å². The van der Waals surface area contributed by atoms with Crippen molar-refractivity contribution in [1.82, 2.24) is 30.5 Å². The lowest BCUT2D eigenvalue weighted by Gasteiger charge is -2.05. The molecule has 0 atom stereocenters. The van der Waals surface area contributed by atoms with Crippen LogP contribution in [0.1, 0.15) is 11.4 Å². The Bertz CT molecular complexity index is 1490. The molecule has 3 N–H and O–H groups in total. The molecular weight excluding hydrogens is 368 g/mol. The first-order chi connectivity index (χ1) is 14.2. The lowest BCUT2D eigenvalue weighted by molar-refractivity contribution is -0.122. The van der Waals surface area contributed by atoms with E-state index >= 15 is 0 Å². The van der Waals surface area contributed by atoms with Crippen molar-refractivity contribution in [3.63, 3.8) is 0 Å². The number of carbonyl (C=O) groups excluding carboxylic acids is 2. The number of amides is 2. The molecule has 0 saturated carbocycles. The van der Waals surface area contributed by atoms with Gasteiger partial charge < -0.3 is 4.98 Å². The van der Waals surface area contributed by atoms with Crippen LogP contribution in [0.4, 0.5) is 0 Å². The summed E-state index contributed by atoms with van der Waals surface area (Å²) in [5.41, 5.74) is 4.55. The standard InChI is InChI=1S/C21H12N6O2/c28-20-16(14-7-10-3-1-2-4-12(10)24-14)17(21(29)25-20)15-8-11-5-6-13-19(23-9-22-13)18(11)27-26-15/h1-9,24,26H,(H,25,28,29). The molecule has 0 aliphatic carbocycles. The summed E-state index contributed by atoms with van der Waals surface area (Å²) in [6.45, 7) is 0. The van der Waals surface area contributed by atoms with Crippen LogP contribution in [0, 0.1) is 0 Å². The summed E-state index contributed by atoms with van der Waals surface area (Å²) >= 11 is 0. The second-order valence-corrected chi connectivity index (χ2v) is 6.83. The molecule has 3 aromatic heterocycles. The first-order valence-electron chi connectivity index (χ1n) is 8.96. The third kappa shape index (κ3) is 2.23. The summed E-state index contributed by atoms with van der Waals surface area (Å²) in [7, 11) is 0. The van der Waals surface area contributed by atoms with Crippen LogP contribution < -0.4 is 5.32 Å².